The molecule has 0 aromatic heterocycles. The second-order valence-electron chi connectivity index (χ2n) is 8.97. The largest absolute Gasteiger partial charge is 0.488 e. The number of nitrogens with two attached hydrogens (primary N) is 2. The van der Waals surface area contributed by atoms with E-state index in [1.165, 1.54) is 13.2 Å². The van der Waals surface area contributed by atoms with E-state index in [4.69, 9.17) is 26.4 Å². The van der Waals surface area contributed by atoms with E-state index >= 15 is 0 Å². The van der Waals surface area contributed by atoms with E-state index in [-0.39, 0.29) is 61.1 Å². The van der Waals surface area contributed by atoms with E-state index in [0.717, 1.165) is 12.1 Å². The van der Waals surface area contributed by atoms with E-state index in [0.29, 0.717) is 37.3 Å². The number of ether oxygens (including phenoxy) is 2. The highest BCUT2D eigenvalue weighted by Gasteiger charge is 2.26. The fourth-order valence-electron chi connectivity index (χ4n) is 4.13. The summed E-state index contributed by atoms with van der Waals surface area (Å²) < 4.78 is 24.5. The third-order valence-corrected chi connectivity index (χ3v) is 6.46. The molecule has 12 heteroatoms. The summed E-state index contributed by atoms with van der Waals surface area (Å²) in [5, 5.41) is 26.9. The number of nitrogens with one attached hydrogen (secondary N) is 1. The van der Waals surface area contributed by atoms with Crippen molar-refractivity contribution in [2.45, 2.75) is 6.04 Å². The Morgan fingerprint density at radius 3 is 2.28 bits per heavy atom. The number of allylic oxidation sites excluding steroid dienone is 1. The van der Waals surface area contributed by atoms with Gasteiger partial charge in [0, 0.05) is 67.9 Å². The minimum Gasteiger partial charge on any atom is -0.488 e. The topological polar surface area (TPSA) is 175 Å². The molecule has 1 fully saturated rings. The summed E-state index contributed by atoms with van der Waals surface area (Å²) in [6, 6.07) is 8.23. The van der Waals surface area contributed by atoms with Gasteiger partial charge in [-0.1, -0.05) is 12.1 Å². The molecule has 0 aliphatic carbocycles. The minimum absolute atomic E-state index is 0.000999. The Balaban J connectivity index is 1.64. The van der Waals surface area contributed by atoms with E-state index in [1.807, 2.05) is 4.90 Å². The number of halogens is 1. The number of carbonyl (C=O) groups is 2. The first-order chi connectivity index (χ1) is 18.7. The van der Waals surface area contributed by atoms with Gasteiger partial charge in [-0.05, 0) is 23.8 Å². The van der Waals surface area contributed by atoms with E-state index < -0.39 is 17.3 Å². The SMILES string of the molecule is COCCOc1cc(N)c(C(=N)C(=O)/C=C(\N)c2ccc(C(=O)N3CCN(C(CO)CO)CC3)cc2)cc1F. The zero-order chi connectivity index (χ0) is 28.5. The number of carbonyl (C=O) groups excluding carboxylic acids is 2. The molecule has 0 unspecified atom stereocenters. The molecule has 1 saturated heterocycles. The van der Waals surface area contributed by atoms with E-state index in [2.05, 4.69) is 0 Å². The van der Waals surface area contributed by atoms with E-state index in [1.54, 1.807) is 29.2 Å². The zero-order valence-electron chi connectivity index (χ0n) is 21.7. The van der Waals surface area contributed by atoms with Crippen LogP contribution in [0.2, 0.25) is 0 Å². The van der Waals surface area contributed by atoms with Crippen LogP contribution >= 0.6 is 0 Å². The Bertz CT molecular complexity index is 1210. The number of rotatable bonds is 12. The first-order valence-corrected chi connectivity index (χ1v) is 12.4. The predicted octanol–water partition coefficient (Wildman–Crippen LogP) is 0.481. The van der Waals surface area contributed by atoms with Crippen LogP contribution in [0.5, 0.6) is 5.75 Å². The molecule has 1 amide bonds. The fourth-order valence-corrected chi connectivity index (χ4v) is 4.13. The van der Waals surface area contributed by atoms with Crippen LogP contribution in [-0.4, -0.2) is 103 Å². The minimum atomic E-state index is -0.770. The molecule has 1 heterocycles. The highest BCUT2D eigenvalue weighted by molar-refractivity contribution is 6.50. The first-order valence-electron chi connectivity index (χ1n) is 12.4. The van der Waals surface area contributed by atoms with Gasteiger partial charge < -0.3 is 36.1 Å². The molecule has 2 aromatic carbocycles. The number of anilines is 1. The number of nitrogens with zero attached hydrogens (tertiary/aromatic N) is 2. The third kappa shape index (κ3) is 7.39. The molecule has 0 radical (unpaired) electrons. The molecule has 39 heavy (non-hydrogen) atoms. The lowest BCUT2D eigenvalue weighted by molar-refractivity contribution is -0.108. The maximum absolute atomic E-state index is 14.4. The Hall–Kier alpha value is -3.84. The molecule has 1 aliphatic rings. The van der Waals surface area contributed by atoms with Crippen LogP contribution in [0.15, 0.2) is 42.5 Å². The number of benzene rings is 2. The van der Waals surface area contributed by atoms with E-state index in [9.17, 15) is 24.2 Å². The Morgan fingerprint density at radius 1 is 1.08 bits per heavy atom. The lowest BCUT2D eigenvalue weighted by Crippen LogP contribution is -2.53. The predicted molar refractivity (Wildman–Crippen MR) is 144 cm³/mol. The van der Waals surface area contributed by atoms with Crippen molar-refractivity contribution in [3.63, 3.8) is 0 Å². The summed E-state index contributed by atoms with van der Waals surface area (Å²) >= 11 is 0. The van der Waals surface area contributed by atoms with Crippen LogP contribution < -0.4 is 16.2 Å². The summed E-state index contributed by atoms with van der Waals surface area (Å²) in [6.45, 7) is 2.06. The molecule has 0 atom stereocenters. The standard InChI is InChI=1S/C27H34FN5O6/c1-38-10-11-39-25-14-23(30)20(12-21(25)28)26(31)24(36)13-22(29)17-2-4-18(5-3-17)27(37)33-8-6-32(7-9-33)19(15-34)16-35/h2-5,12-14,19,31,34-35H,6-11,15-16,29-30H2,1H3/b22-13-,31-26?. The average molecular weight is 544 g/mol. The van der Waals surface area contributed by atoms with Crippen LogP contribution in [-0.2, 0) is 9.53 Å². The van der Waals surface area contributed by atoms with Crippen molar-refractivity contribution in [1.29, 1.82) is 5.41 Å². The van der Waals surface area contributed by atoms with Crippen molar-refractivity contribution in [2.75, 3.05) is 65.5 Å². The average Bonchev–Trinajstić information content (AvgIpc) is 2.95. The normalized spacial score (nSPS) is 14.5. The fraction of sp³-hybridized carbons (Fsp3) is 0.370. The molecule has 2 aromatic rings. The van der Waals surface area contributed by atoms with Gasteiger partial charge in [0.05, 0.1) is 25.9 Å². The summed E-state index contributed by atoms with van der Waals surface area (Å²) in [5.41, 5.74) is 12.4. The number of hydrogen-bond acceptors (Lipinski definition) is 10. The Morgan fingerprint density at radius 2 is 1.69 bits per heavy atom. The van der Waals surface area contributed by atoms with Gasteiger partial charge in [0.2, 0.25) is 5.78 Å². The molecule has 11 nitrogen and oxygen atoms in total. The quantitative estimate of drug-likeness (QED) is 0.110. The second-order valence-corrected chi connectivity index (χ2v) is 8.97. The number of methoxy groups -OCH3 is 1. The van der Waals surface area contributed by atoms with Crippen LogP contribution in [0.3, 0.4) is 0 Å². The van der Waals surface area contributed by atoms with Gasteiger partial charge in [-0.2, -0.15) is 0 Å². The second kappa shape index (κ2) is 13.8. The van der Waals surface area contributed by atoms with Crippen molar-refractivity contribution in [3.05, 3.63) is 65.0 Å². The summed E-state index contributed by atoms with van der Waals surface area (Å²) in [5.74, 6) is -1.82. The van der Waals surface area contributed by atoms with Crippen molar-refractivity contribution >= 4 is 28.8 Å². The van der Waals surface area contributed by atoms with Crippen LogP contribution in [0.25, 0.3) is 5.70 Å². The highest BCUT2D eigenvalue weighted by atomic mass is 19.1. The van der Waals surface area contributed by atoms with Gasteiger partial charge >= 0.3 is 0 Å². The van der Waals surface area contributed by atoms with Crippen molar-refractivity contribution < 1.29 is 33.7 Å². The highest BCUT2D eigenvalue weighted by Crippen LogP contribution is 2.25. The van der Waals surface area contributed by atoms with Gasteiger partial charge in [0.15, 0.2) is 11.6 Å². The molecule has 0 saturated carbocycles. The van der Waals surface area contributed by atoms with Crippen molar-refractivity contribution in [2.24, 2.45) is 5.73 Å². The molecule has 1 aliphatic heterocycles. The Labute approximate surface area is 225 Å². The number of piperazine rings is 1. The first kappa shape index (κ1) is 29.7. The van der Waals surface area contributed by atoms with Gasteiger partial charge in [-0.25, -0.2) is 4.39 Å². The molecule has 210 valence electrons. The number of amides is 1. The summed E-state index contributed by atoms with van der Waals surface area (Å²) in [4.78, 5) is 29.2. The molecule has 0 bridgehead atoms. The number of hydrogen-bond donors (Lipinski definition) is 5. The number of aliphatic hydroxyl groups excluding tert-OH is 2. The van der Waals surface area contributed by atoms with Crippen molar-refractivity contribution in [3.8, 4) is 5.75 Å². The van der Waals surface area contributed by atoms with Crippen LogP contribution in [0.1, 0.15) is 21.5 Å². The molecule has 0 spiro atoms. The summed E-state index contributed by atoms with van der Waals surface area (Å²) in [7, 11) is 1.48. The molecule has 7 N–H and O–H groups in total. The summed E-state index contributed by atoms with van der Waals surface area (Å²) in [6.07, 6.45) is 1.05. The molecular formula is C27H34FN5O6. The maximum atomic E-state index is 14.4. The van der Waals surface area contributed by atoms with Crippen LogP contribution in [0.4, 0.5) is 10.1 Å². The van der Waals surface area contributed by atoms with Gasteiger partial charge in [0.1, 0.15) is 12.3 Å². The lowest BCUT2D eigenvalue weighted by Gasteiger charge is -2.38. The van der Waals surface area contributed by atoms with Crippen molar-refractivity contribution in [1.82, 2.24) is 9.80 Å². The van der Waals surface area contributed by atoms with Gasteiger partial charge in [-0.15, -0.1) is 0 Å². The Kier molecular flexibility index (Phi) is 10.5. The maximum Gasteiger partial charge on any atom is 0.253 e. The smallest absolute Gasteiger partial charge is 0.253 e. The molecule has 3 rings (SSSR count). The van der Waals surface area contributed by atoms with Crippen LogP contribution in [0, 0.1) is 11.2 Å². The monoisotopic (exact) mass is 543 g/mol. The number of aliphatic hydroxyl groups is 2. The number of nitrogen functional groups attached to an aromatic ring is 1. The van der Waals surface area contributed by atoms with Gasteiger partial charge in [0.25, 0.3) is 5.91 Å². The third-order valence-electron chi connectivity index (χ3n) is 6.46. The lowest BCUT2D eigenvalue weighted by atomic mass is 10.0. The van der Waals surface area contributed by atoms with Gasteiger partial charge in [-0.3, -0.25) is 19.9 Å². The number of ketones is 1. The zero-order valence-corrected chi connectivity index (χ0v) is 21.7. The molecular weight excluding hydrogens is 509 g/mol.